The molecule has 1 aliphatic heterocycles. The van der Waals surface area contributed by atoms with E-state index in [-0.39, 0.29) is 25.9 Å². The molecule has 3 N–H and O–H groups in total. The number of nitrogens with zero attached hydrogens (tertiary/aromatic N) is 2. The first kappa shape index (κ1) is 19.4. The smallest absolute Gasteiger partial charge is 0.323 e. The molecule has 6 nitrogen and oxygen atoms in total. The number of nitrogens with one attached hydrogen (secondary N) is 3. The van der Waals surface area contributed by atoms with Crippen LogP contribution in [0.5, 0.6) is 0 Å². The Morgan fingerprint density at radius 2 is 2.00 bits per heavy atom. The van der Waals surface area contributed by atoms with Crippen molar-refractivity contribution in [2.75, 3.05) is 28.6 Å². The van der Waals surface area contributed by atoms with Gasteiger partial charge in [0.2, 0.25) is 0 Å². The predicted molar refractivity (Wildman–Crippen MR) is 111 cm³/mol. The number of fused-ring (bicyclic) bond motifs is 1. The Morgan fingerprint density at radius 1 is 1.24 bits per heavy atom. The molecule has 3 heterocycles. The van der Waals surface area contributed by atoms with Crippen LogP contribution < -0.4 is 15.5 Å². The van der Waals surface area contributed by atoms with E-state index in [2.05, 4.69) is 20.6 Å². The molecule has 0 radical (unpaired) electrons. The molecule has 0 atom stereocenters. The SMILES string of the molecule is Cc1cc(NC(=O)Nc2c[nH]c3ccc(Cl)cc23)cnc1N1CCC(F)(F)CC1. The summed E-state index contributed by atoms with van der Waals surface area (Å²) < 4.78 is 26.7. The van der Waals surface area contributed by atoms with Crippen molar-refractivity contribution in [2.24, 2.45) is 0 Å². The standard InChI is InChI=1S/C20H20ClF2N5O/c1-12-8-14(10-25-18(12)28-6-4-20(22,23)5-7-28)26-19(29)27-17-11-24-16-3-2-13(21)9-15(16)17/h2-3,8-11,24H,4-7H2,1H3,(H2,26,27,29). The quantitative estimate of drug-likeness (QED) is 0.532. The van der Waals surface area contributed by atoms with Crippen LogP contribution in [0.1, 0.15) is 18.4 Å². The minimum atomic E-state index is -2.60. The molecule has 0 spiro atoms. The summed E-state index contributed by atoms with van der Waals surface area (Å²) in [5.41, 5.74) is 2.80. The number of H-pyrrole nitrogens is 1. The van der Waals surface area contributed by atoms with E-state index in [0.717, 1.165) is 16.5 Å². The van der Waals surface area contributed by atoms with Crippen molar-refractivity contribution in [2.45, 2.75) is 25.7 Å². The first-order valence-corrected chi connectivity index (χ1v) is 9.63. The van der Waals surface area contributed by atoms with Gasteiger partial charge in [-0.15, -0.1) is 0 Å². The normalized spacial score (nSPS) is 16.1. The van der Waals surface area contributed by atoms with Crippen LogP contribution in [0, 0.1) is 6.92 Å². The number of carbonyl (C=O) groups excluding carboxylic acids is 1. The van der Waals surface area contributed by atoms with Crippen LogP contribution >= 0.6 is 11.6 Å². The Morgan fingerprint density at radius 3 is 2.72 bits per heavy atom. The van der Waals surface area contributed by atoms with Crippen molar-refractivity contribution in [3.8, 4) is 0 Å². The van der Waals surface area contributed by atoms with E-state index in [1.54, 1.807) is 24.4 Å². The molecule has 3 aromatic rings. The summed E-state index contributed by atoms with van der Waals surface area (Å²) in [7, 11) is 0. The number of hydrogen-bond donors (Lipinski definition) is 3. The van der Waals surface area contributed by atoms with Crippen molar-refractivity contribution >= 4 is 45.7 Å². The minimum absolute atomic E-state index is 0.175. The summed E-state index contributed by atoms with van der Waals surface area (Å²) in [4.78, 5) is 21.7. The van der Waals surface area contributed by atoms with Crippen molar-refractivity contribution < 1.29 is 13.6 Å². The summed E-state index contributed by atoms with van der Waals surface area (Å²) in [6.45, 7) is 2.37. The molecule has 2 aromatic heterocycles. The number of halogens is 3. The topological polar surface area (TPSA) is 73.0 Å². The highest BCUT2D eigenvalue weighted by Crippen LogP contribution is 2.31. The van der Waals surface area contributed by atoms with Gasteiger partial charge in [0.1, 0.15) is 5.82 Å². The zero-order valence-corrected chi connectivity index (χ0v) is 16.5. The third-order valence-corrected chi connectivity index (χ3v) is 5.23. The van der Waals surface area contributed by atoms with Gasteiger partial charge in [0.15, 0.2) is 0 Å². The van der Waals surface area contributed by atoms with Gasteiger partial charge in [-0.2, -0.15) is 0 Å². The first-order valence-electron chi connectivity index (χ1n) is 9.25. The summed E-state index contributed by atoms with van der Waals surface area (Å²) in [6.07, 6.45) is 2.87. The Kier molecular flexibility index (Phi) is 5.04. The molecular weight excluding hydrogens is 400 g/mol. The number of rotatable bonds is 3. The number of urea groups is 1. The van der Waals surface area contributed by atoms with Gasteiger partial charge < -0.3 is 20.5 Å². The van der Waals surface area contributed by atoms with Crippen molar-refractivity contribution in [1.29, 1.82) is 0 Å². The van der Waals surface area contributed by atoms with E-state index in [4.69, 9.17) is 11.6 Å². The van der Waals surface area contributed by atoms with Crippen LogP contribution in [0.2, 0.25) is 5.02 Å². The molecular formula is C20H20ClF2N5O. The lowest BCUT2D eigenvalue weighted by Gasteiger charge is -2.33. The number of benzene rings is 1. The number of pyridine rings is 1. The highest BCUT2D eigenvalue weighted by atomic mass is 35.5. The van der Waals surface area contributed by atoms with Crippen LogP contribution in [0.4, 0.5) is 30.8 Å². The zero-order valence-electron chi connectivity index (χ0n) is 15.7. The summed E-state index contributed by atoms with van der Waals surface area (Å²) in [5, 5.41) is 6.91. The summed E-state index contributed by atoms with van der Waals surface area (Å²) >= 11 is 6.03. The molecule has 0 saturated carbocycles. The summed E-state index contributed by atoms with van der Waals surface area (Å²) in [5.74, 6) is -1.94. The van der Waals surface area contributed by atoms with Gasteiger partial charge in [0, 0.05) is 48.1 Å². The molecule has 29 heavy (non-hydrogen) atoms. The maximum Gasteiger partial charge on any atom is 0.323 e. The highest BCUT2D eigenvalue weighted by molar-refractivity contribution is 6.31. The fourth-order valence-corrected chi connectivity index (χ4v) is 3.67. The van der Waals surface area contributed by atoms with Crippen LogP contribution in [0.15, 0.2) is 36.7 Å². The molecule has 1 aliphatic rings. The van der Waals surface area contributed by atoms with E-state index in [1.165, 1.54) is 6.20 Å². The van der Waals surface area contributed by atoms with Crippen molar-refractivity contribution in [3.63, 3.8) is 0 Å². The van der Waals surface area contributed by atoms with Crippen LogP contribution in [-0.2, 0) is 0 Å². The monoisotopic (exact) mass is 419 g/mol. The fourth-order valence-electron chi connectivity index (χ4n) is 3.49. The lowest BCUT2D eigenvalue weighted by molar-refractivity contribution is -0.0221. The van der Waals surface area contributed by atoms with E-state index in [1.807, 2.05) is 17.9 Å². The fraction of sp³-hybridized carbons (Fsp3) is 0.300. The Balaban J connectivity index is 1.43. The average Bonchev–Trinajstić information content (AvgIpc) is 3.04. The molecule has 1 aromatic carbocycles. The molecule has 0 bridgehead atoms. The average molecular weight is 420 g/mol. The second-order valence-corrected chi connectivity index (χ2v) is 7.62. The number of alkyl halides is 2. The Labute approximate surface area is 171 Å². The van der Waals surface area contributed by atoms with Gasteiger partial charge in [-0.1, -0.05) is 11.6 Å². The molecule has 0 unspecified atom stereocenters. The largest absolute Gasteiger partial charge is 0.359 e. The Bertz CT molecular complexity index is 1060. The van der Waals surface area contributed by atoms with E-state index in [9.17, 15) is 13.6 Å². The highest BCUT2D eigenvalue weighted by Gasteiger charge is 2.34. The third-order valence-electron chi connectivity index (χ3n) is 4.99. The van der Waals surface area contributed by atoms with Gasteiger partial charge in [-0.25, -0.2) is 18.6 Å². The predicted octanol–water partition coefficient (Wildman–Crippen LogP) is 5.40. The first-order chi connectivity index (χ1) is 13.8. The van der Waals surface area contributed by atoms with Gasteiger partial charge in [0.05, 0.1) is 17.6 Å². The van der Waals surface area contributed by atoms with Crippen molar-refractivity contribution in [1.82, 2.24) is 9.97 Å². The van der Waals surface area contributed by atoms with Crippen LogP contribution in [-0.4, -0.2) is 35.0 Å². The number of amides is 2. The maximum atomic E-state index is 13.4. The lowest BCUT2D eigenvalue weighted by Crippen LogP contribution is -2.40. The lowest BCUT2D eigenvalue weighted by atomic mass is 10.1. The number of aromatic amines is 1. The van der Waals surface area contributed by atoms with Gasteiger partial charge in [-0.05, 0) is 36.8 Å². The molecule has 2 amide bonds. The molecule has 1 fully saturated rings. The maximum absolute atomic E-state index is 13.4. The van der Waals surface area contributed by atoms with E-state index >= 15 is 0 Å². The summed E-state index contributed by atoms with van der Waals surface area (Å²) in [6, 6.07) is 6.73. The second-order valence-electron chi connectivity index (χ2n) is 7.18. The van der Waals surface area contributed by atoms with Crippen LogP contribution in [0.25, 0.3) is 10.9 Å². The van der Waals surface area contributed by atoms with Gasteiger partial charge in [-0.3, -0.25) is 0 Å². The molecule has 9 heteroatoms. The number of anilines is 3. The minimum Gasteiger partial charge on any atom is -0.359 e. The molecule has 0 aliphatic carbocycles. The zero-order chi connectivity index (χ0) is 20.6. The number of piperidine rings is 1. The Hall–Kier alpha value is -2.87. The third kappa shape index (κ3) is 4.27. The molecule has 152 valence electrons. The number of aromatic nitrogens is 2. The van der Waals surface area contributed by atoms with Gasteiger partial charge >= 0.3 is 6.03 Å². The molecule has 1 saturated heterocycles. The number of aryl methyl sites for hydroxylation is 1. The van der Waals surface area contributed by atoms with Gasteiger partial charge in [0.25, 0.3) is 5.92 Å². The van der Waals surface area contributed by atoms with Crippen molar-refractivity contribution in [3.05, 3.63) is 47.2 Å². The number of hydrogen-bond acceptors (Lipinski definition) is 3. The number of carbonyl (C=O) groups is 1. The van der Waals surface area contributed by atoms with E-state index in [0.29, 0.717) is 22.2 Å². The second kappa shape index (κ2) is 7.51. The molecule has 4 rings (SSSR count). The van der Waals surface area contributed by atoms with E-state index < -0.39 is 12.0 Å². The van der Waals surface area contributed by atoms with Crippen LogP contribution in [0.3, 0.4) is 0 Å².